The summed E-state index contributed by atoms with van der Waals surface area (Å²) in [5.41, 5.74) is 2.32. The maximum absolute atomic E-state index is 12.6. The van der Waals surface area contributed by atoms with E-state index in [4.69, 9.17) is 11.6 Å². The third-order valence-electron chi connectivity index (χ3n) is 4.43. The molecular weight excluding hydrogens is 399 g/mol. The molecule has 0 bridgehead atoms. The van der Waals surface area contributed by atoms with E-state index in [2.05, 4.69) is 20.9 Å². The zero-order chi connectivity index (χ0) is 19.2. The first-order valence-electron chi connectivity index (χ1n) is 8.89. The van der Waals surface area contributed by atoms with Crippen LogP contribution in [0, 0.1) is 0 Å². The topological polar surface area (TPSA) is 73.5 Å². The van der Waals surface area contributed by atoms with Gasteiger partial charge in [0.05, 0.1) is 6.54 Å². The summed E-state index contributed by atoms with van der Waals surface area (Å²) in [7, 11) is 0. The Balaban J connectivity index is 0.00000280. The molecule has 2 aromatic carbocycles. The Morgan fingerprint density at radius 1 is 1.14 bits per heavy atom. The quantitative estimate of drug-likeness (QED) is 0.690. The number of hydrogen-bond acceptors (Lipinski definition) is 4. The van der Waals surface area contributed by atoms with E-state index in [9.17, 15) is 9.59 Å². The lowest BCUT2D eigenvalue weighted by molar-refractivity contribution is -0.118. The molecular formula is C20H24Cl2N4O2. The number of nitrogens with one attached hydrogen (secondary N) is 3. The Kier molecular flexibility index (Phi) is 8.26. The highest BCUT2D eigenvalue weighted by atomic mass is 35.5. The van der Waals surface area contributed by atoms with Crippen LogP contribution in [0.5, 0.6) is 0 Å². The fraction of sp³-hybridized carbons (Fsp3) is 0.300. The summed E-state index contributed by atoms with van der Waals surface area (Å²) in [5.74, 6) is -0.254. The third kappa shape index (κ3) is 5.94. The highest BCUT2D eigenvalue weighted by Crippen LogP contribution is 2.28. The van der Waals surface area contributed by atoms with Gasteiger partial charge in [-0.25, -0.2) is 0 Å². The summed E-state index contributed by atoms with van der Waals surface area (Å²) in [6.45, 7) is 4.04. The highest BCUT2D eigenvalue weighted by molar-refractivity contribution is 6.31. The third-order valence-corrected chi connectivity index (χ3v) is 4.78. The Morgan fingerprint density at radius 3 is 2.57 bits per heavy atom. The van der Waals surface area contributed by atoms with Crippen LogP contribution in [0.4, 0.5) is 11.4 Å². The van der Waals surface area contributed by atoms with Gasteiger partial charge in [0.2, 0.25) is 11.8 Å². The number of carbonyl (C=O) groups excluding carboxylic acids is 2. The zero-order valence-corrected chi connectivity index (χ0v) is 17.1. The van der Waals surface area contributed by atoms with E-state index in [1.165, 1.54) is 6.92 Å². The van der Waals surface area contributed by atoms with Gasteiger partial charge in [-0.05, 0) is 29.8 Å². The Bertz CT molecular complexity index is 831. The number of halogens is 2. The lowest BCUT2D eigenvalue weighted by Crippen LogP contribution is -2.48. The van der Waals surface area contributed by atoms with Gasteiger partial charge in [-0.3, -0.25) is 14.5 Å². The first kappa shape index (κ1) is 22.2. The fourth-order valence-corrected chi connectivity index (χ4v) is 3.51. The van der Waals surface area contributed by atoms with E-state index < -0.39 is 0 Å². The van der Waals surface area contributed by atoms with Crippen molar-refractivity contribution < 1.29 is 9.59 Å². The molecule has 6 nitrogen and oxygen atoms in total. The molecule has 1 fully saturated rings. The van der Waals surface area contributed by atoms with Crippen LogP contribution in [0.3, 0.4) is 0 Å². The van der Waals surface area contributed by atoms with Crippen LogP contribution in [0.15, 0.2) is 48.5 Å². The molecule has 1 atom stereocenters. The smallest absolute Gasteiger partial charge is 0.238 e. The van der Waals surface area contributed by atoms with Gasteiger partial charge in [0.1, 0.15) is 0 Å². The minimum atomic E-state index is -0.151. The normalized spacial score (nSPS) is 16.7. The van der Waals surface area contributed by atoms with Crippen LogP contribution in [0.2, 0.25) is 5.02 Å². The second-order valence-electron chi connectivity index (χ2n) is 6.52. The van der Waals surface area contributed by atoms with Crippen LogP contribution >= 0.6 is 24.0 Å². The molecule has 2 amide bonds. The molecule has 0 spiro atoms. The molecule has 1 aliphatic heterocycles. The van der Waals surface area contributed by atoms with Gasteiger partial charge in [-0.2, -0.15) is 0 Å². The van der Waals surface area contributed by atoms with Gasteiger partial charge in [0.25, 0.3) is 0 Å². The van der Waals surface area contributed by atoms with E-state index in [-0.39, 0.29) is 36.8 Å². The molecule has 0 aromatic heterocycles. The van der Waals surface area contributed by atoms with Crippen molar-refractivity contribution >= 4 is 47.2 Å². The van der Waals surface area contributed by atoms with Crippen molar-refractivity contribution in [2.24, 2.45) is 0 Å². The number of carbonyl (C=O) groups is 2. The number of rotatable bonds is 5. The van der Waals surface area contributed by atoms with Crippen molar-refractivity contribution in [2.45, 2.75) is 13.0 Å². The maximum atomic E-state index is 12.6. The molecule has 0 saturated carbocycles. The predicted molar refractivity (Wildman–Crippen MR) is 115 cm³/mol. The molecule has 150 valence electrons. The Hall–Kier alpha value is -2.12. The van der Waals surface area contributed by atoms with Gasteiger partial charge >= 0.3 is 0 Å². The van der Waals surface area contributed by atoms with E-state index in [1.807, 2.05) is 24.3 Å². The van der Waals surface area contributed by atoms with Gasteiger partial charge < -0.3 is 16.0 Å². The summed E-state index contributed by atoms with van der Waals surface area (Å²) in [4.78, 5) is 25.9. The van der Waals surface area contributed by atoms with Crippen LogP contribution in [-0.2, 0) is 9.59 Å². The number of nitrogens with zero attached hydrogens (tertiary/aromatic N) is 1. The van der Waals surface area contributed by atoms with Crippen LogP contribution in [-0.4, -0.2) is 42.9 Å². The average Bonchev–Trinajstić information content (AvgIpc) is 2.62. The number of hydrogen-bond donors (Lipinski definition) is 3. The number of amides is 2. The number of piperazine rings is 1. The van der Waals surface area contributed by atoms with E-state index >= 15 is 0 Å². The van der Waals surface area contributed by atoms with Gasteiger partial charge in [0.15, 0.2) is 0 Å². The van der Waals surface area contributed by atoms with E-state index in [1.54, 1.807) is 24.3 Å². The van der Waals surface area contributed by atoms with Crippen molar-refractivity contribution in [2.75, 3.05) is 36.8 Å². The molecule has 1 heterocycles. The van der Waals surface area contributed by atoms with E-state index in [0.717, 1.165) is 25.2 Å². The standard InChI is InChI=1S/C20H23ClN4O2.ClH/c1-14(26)23-15-5-4-6-16(11-15)24-20(27)13-25-10-9-22-12-19(25)17-7-2-3-8-18(17)21;/h2-8,11,19,22H,9-10,12-13H2,1H3,(H,23,26)(H,24,27);1H. The second-order valence-corrected chi connectivity index (χ2v) is 6.93. The fourth-order valence-electron chi connectivity index (χ4n) is 3.25. The lowest BCUT2D eigenvalue weighted by atomic mass is 10.0. The lowest BCUT2D eigenvalue weighted by Gasteiger charge is -2.36. The van der Waals surface area contributed by atoms with Crippen LogP contribution in [0.25, 0.3) is 0 Å². The molecule has 1 saturated heterocycles. The first-order chi connectivity index (χ1) is 13.0. The summed E-state index contributed by atoms with van der Waals surface area (Å²) in [5, 5.41) is 9.69. The summed E-state index contributed by atoms with van der Waals surface area (Å²) >= 11 is 6.36. The minimum absolute atomic E-state index is 0. The maximum Gasteiger partial charge on any atom is 0.238 e. The van der Waals surface area contributed by atoms with Gasteiger partial charge in [-0.15, -0.1) is 12.4 Å². The number of benzene rings is 2. The van der Waals surface area contributed by atoms with E-state index in [0.29, 0.717) is 16.4 Å². The molecule has 2 aromatic rings. The summed E-state index contributed by atoms with van der Waals surface area (Å²) in [6.07, 6.45) is 0. The molecule has 1 aliphatic rings. The summed E-state index contributed by atoms with van der Waals surface area (Å²) in [6, 6.07) is 14.9. The number of anilines is 2. The second kappa shape index (κ2) is 10.4. The SMILES string of the molecule is CC(=O)Nc1cccc(NC(=O)CN2CCNCC2c2ccccc2Cl)c1.Cl. The van der Waals surface area contributed by atoms with Gasteiger partial charge in [-0.1, -0.05) is 35.9 Å². The van der Waals surface area contributed by atoms with Crippen LogP contribution < -0.4 is 16.0 Å². The Morgan fingerprint density at radius 2 is 1.86 bits per heavy atom. The minimum Gasteiger partial charge on any atom is -0.326 e. The van der Waals surface area contributed by atoms with Crippen molar-refractivity contribution in [1.82, 2.24) is 10.2 Å². The monoisotopic (exact) mass is 422 g/mol. The van der Waals surface area contributed by atoms with Crippen molar-refractivity contribution in [3.05, 3.63) is 59.1 Å². The largest absolute Gasteiger partial charge is 0.326 e. The molecule has 8 heteroatoms. The predicted octanol–water partition coefficient (Wildman–Crippen LogP) is 3.31. The highest BCUT2D eigenvalue weighted by Gasteiger charge is 2.26. The van der Waals surface area contributed by atoms with Crippen LogP contribution in [0.1, 0.15) is 18.5 Å². The van der Waals surface area contributed by atoms with Crippen molar-refractivity contribution in [3.8, 4) is 0 Å². The average molecular weight is 423 g/mol. The Labute approximate surface area is 176 Å². The molecule has 0 radical (unpaired) electrons. The molecule has 28 heavy (non-hydrogen) atoms. The molecule has 3 N–H and O–H groups in total. The first-order valence-corrected chi connectivity index (χ1v) is 9.27. The van der Waals surface area contributed by atoms with Crippen molar-refractivity contribution in [3.63, 3.8) is 0 Å². The zero-order valence-electron chi connectivity index (χ0n) is 15.6. The van der Waals surface area contributed by atoms with Gasteiger partial charge in [0, 0.05) is 49.0 Å². The molecule has 0 aliphatic carbocycles. The molecule has 3 rings (SSSR count). The summed E-state index contributed by atoms with van der Waals surface area (Å²) < 4.78 is 0. The molecule has 1 unspecified atom stereocenters. The van der Waals surface area contributed by atoms with Crippen molar-refractivity contribution in [1.29, 1.82) is 0 Å².